The summed E-state index contributed by atoms with van der Waals surface area (Å²) in [5.41, 5.74) is 3.26. The Morgan fingerprint density at radius 1 is 0.889 bits per heavy atom. The smallest absolute Gasteiger partial charge is 0.323 e. The van der Waals surface area contributed by atoms with Crippen molar-refractivity contribution in [3.05, 3.63) is 94.4 Å². The topological polar surface area (TPSA) is 87.0 Å². The van der Waals surface area contributed by atoms with Crippen molar-refractivity contribution in [3.8, 4) is 5.75 Å². The van der Waals surface area contributed by atoms with Gasteiger partial charge in [0.05, 0.1) is 11.0 Å². The van der Waals surface area contributed by atoms with E-state index in [-0.39, 0.29) is 11.6 Å². The number of benzene rings is 3. The highest BCUT2D eigenvalue weighted by Gasteiger charge is 2.08. The average molecular weight is 359 g/mol. The first kappa shape index (κ1) is 16.7. The molecule has 0 aliphatic rings. The van der Waals surface area contributed by atoms with Gasteiger partial charge in [-0.15, -0.1) is 0 Å². The Kier molecular flexibility index (Phi) is 4.45. The highest BCUT2D eigenvalue weighted by molar-refractivity contribution is 6.05. The van der Waals surface area contributed by atoms with Crippen LogP contribution in [0.4, 0.5) is 5.69 Å². The fraction of sp³-hybridized carbons (Fsp3) is 0.0476. The van der Waals surface area contributed by atoms with Crippen molar-refractivity contribution in [1.29, 1.82) is 0 Å². The molecule has 0 atom stereocenters. The van der Waals surface area contributed by atoms with Crippen LogP contribution >= 0.6 is 0 Å². The lowest BCUT2D eigenvalue weighted by atomic mass is 10.2. The summed E-state index contributed by atoms with van der Waals surface area (Å²) in [6, 6.07) is 22.0. The first-order chi connectivity index (χ1) is 13.2. The van der Waals surface area contributed by atoms with Crippen LogP contribution in [0.1, 0.15) is 15.9 Å². The summed E-state index contributed by atoms with van der Waals surface area (Å²) in [5, 5.41) is 2.82. The van der Waals surface area contributed by atoms with Crippen molar-refractivity contribution in [3.63, 3.8) is 0 Å². The zero-order chi connectivity index (χ0) is 18.6. The molecular formula is C21H17N3O3. The molecule has 4 rings (SSSR count). The zero-order valence-electron chi connectivity index (χ0n) is 14.4. The van der Waals surface area contributed by atoms with Gasteiger partial charge < -0.3 is 20.0 Å². The Hall–Kier alpha value is -3.80. The number of nitrogens with one attached hydrogen (secondary N) is 3. The number of rotatable bonds is 5. The summed E-state index contributed by atoms with van der Waals surface area (Å²) in [4.78, 5) is 29.1. The highest BCUT2D eigenvalue weighted by Crippen LogP contribution is 2.18. The van der Waals surface area contributed by atoms with E-state index in [4.69, 9.17) is 4.74 Å². The van der Waals surface area contributed by atoms with Crippen molar-refractivity contribution >= 4 is 22.6 Å². The molecule has 0 saturated heterocycles. The van der Waals surface area contributed by atoms with E-state index >= 15 is 0 Å². The monoisotopic (exact) mass is 359 g/mol. The van der Waals surface area contributed by atoms with Crippen molar-refractivity contribution in [1.82, 2.24) is 9.97 Å². The lowest BCUT2D eigenvalue weighted by Crippen LogP contribution is -2.11. The van der Waals surface area contributed by atoms with Gasteiger partial charge >= 0.3 is 5.69 Å². The Balaban J connectivity index is 1.41. The van der Waals surface area contributed by atoms with E-state index in [1.54, 1.807) is 42.5 Å². The SMILES string of the molecule is O=C(Nc1ccc2[nH]c(=O)[nH]c2c1)c1ccc(OCc2ccccc2)cc1. The second kappa shape index (κ2) is 7.21. The maximum atomic E-state index is 12.4. The van der Waals surface area contributed by atoms with Gasteiger partial charge in [0.15, 0.2) is 0 Å². The quantitative estimate of drug-likeness (QED) is 0.508. The molecule has 0 fully saturated rings. The van der Waals surface area contributed by atoms with E-state index < -0.39 is 0 Å². The average Bonchev–Trinajstić information content (AvgIpc) is 3.07. The number of ether oxygens (including phenoxy) is 1. The maximum Gasteiger partial charge on any atom is 0.323 e. The number of carbonyl (C=O) groups is 1. The van der Waals surface area contributed by atoms with Crippen molar-refractivity contribution < 1.29 is 9.53 Å². The molecule has 3 N–H and O–H groups in total. The minimum atomic E-state index is -0.278. The zero-order valence-corrected chi connectivity index (χ0v) is 14.4. The molecule has 27 heavy (non-hydrogen) atoms. The van der Waals surface area contributed by atoms with Crippen LogP contribution in [0, 0.1) is 0 Å². The Bertz CT molecular complexity index is 1130. The van der Waals surface area contributed by atoms with Gasteiger partial charge in [0.25, 0.3) is 5.91 Å². The van der Waals surface area contributed by atoms with E-state index in [2.05, 4.69) is 15.3 Å². The molecule has 0 spiro atoms. The van der Waals surface area contributed by atoms with Crippen LogP contribution in [0.2, 0.25) is 0 Å². The summed E-state index contributed by atoms with van der Waals surface area (Å²) >= 11 is 0. The van der Waals surface area contributed by atoms with Crippen molar-refractivity contribution in [2.45, 2.75) is 6.61 Å². The number of aromatic amines is 2. The molecule has 134 valence electrons. The fourth-order valence-electron chi connectivity index (χ4n) is 2.76. The van der Waals surface area contributed by atoms with Crippen molar-refractivity contribution in [2.75, 3.05) is 5.32 Å². The van der Waals surface area contributed by atoms with Gasteiger partial charge in [-0.3, -0.25) is 4.79 Å². The standard InChI is InChI=1S/C21H17N3O3/c25-20(22-16-8-11-18-19(12-16)24-21(26)23-18)15-6-9-17(10-7-15)27-13-14-4-2-1-3-5-14/h1-12H,13H2,(H,22,25)(H2,23,24,26). The summed E-state index contributed by atoms with van der Waals surface area (Å²) in [6.07, 6.45) is 0. The minimum Gasteiger partial charge on any atom is -0.489 e. The lowest BCUT2D eigenvalue weighted by molar-refractivity contribution is 0.102. The largest absolute Gasteiger partial charge is 0.489 e. The first-order valence-corrected chi connectivity index (χ1v) is 8.47. The third kappa shape index (κ3) is 3.90. The molecule has 0 aliphatic carbocycles. The summed E-state index contributed by atoms with van der Waals surface area (Å²) in [7, 11) is 0. The number of H-pyrrole nitrogens is 2. The lowest BCUT2D eigenvalue weighted by Gasteiger charge is -2.08. The second-order valence-electron chi connectivity index (χ2n) is 6.09. The van der Waals surface area contributed by atoms with Gasteiger partial charge in [0, 0.05) is 11.3 Å². The molecule has 1 aromatic heterocycles. The summed E-state index contributed by atoms with van der Waals surface area (Å²) in [6.45, 7) is 0.473. The molecule has 3 aromatic carbocycles. The van der Waals surface area contributed by atoms with Crippen LogP contribution in [0.25, 0.3) is 11.0 Å². The predicted molar refractivity (Wildman–Crippen MR) is 104 cm³/mol. The number of amides is 1. The molecule has 4 aromatic rings. The van der Waals surface area contributed by atoms with Crippen LogP contribution < -0.4 is 15.7 Å². The number of aromatic nitrogens is 2. The number of imidazole rings is 1. The summed E-state index contributed by atoms with van der Waals surface area (Å²) in [5.74, 6) is 0.462. The first-order valence-electron chi connectivity index (χ1n) is 8.47. The van der Waals surface area contributed by atoms with Crippen molar-refractivity contribution in [2.24, 2.45) is 0 Å². The molecule has 6 nitrogen and oxygen atoms in total. The summed E-state index contributed by atoms with van der Waals surface area (Å²) < 4.78 is 5.73. The third-order valence-electron chi connectivity index (χ3n) is 4.14. The second-order valence-corrected chi connectivity index (χ2v) is 6.09. The number of carbonyl (C=O) groups excluding carboxylic acids is 1. The van der Waals surface area contributed by atoms with E-state index in [0.29, 0.717) is 34.6 Å². The molecule has 0 radical (unpaired) electrons. The fourth-order valence-corrected chi connectivity index (χ4v) is 2.76. The molecule has 0 unspecified atom stereocenters. The highest BCUT2D eigenvalue weighted by atomic mass is 16.5. The van der Waals surface area contributed by atoms with Crippen LogP contribution in [0.15, 0.2) is 77.6 Å². The number of hydrogen-bond donors (Lipinski definition) is 3. The van der Waals surface area contributed by atoms with Gasteiger partial charge in [-0.25, -0.2) is 4.79 Å². The van der Waals surface area contributed by atoms with Gasteiger partial charge in [-0.2, -0.15) is 0 Å². The van der Waals surface area contributed by atoms with Gasteiger partial charge in [0.2, 0.25) is 0 Å². The van der Waals surface area contributed by atoms with Gasteiger partial charge in [0.1, 0.15) is 12.4 Å². The van der Waals surface area contributed by atoms with Crippen LogP contribution in [-0.2, 0) is 6.61 Å². The van der Waals surface area contributed by atoms with E-state index in [9.17, 15) is 9.59 Å². The van der Waals surface area contributed by atoms with Gasteiger partial charge in [-0.05, 0) is 48.0 Å². The minimum absolute atomic E-state index is 0.234. The van der Waals surface area contributed by atoms with Crippen LogP contribution in [0.3, 0.4) is 0 Å². The van der Waals surface area contributed by atoms with Gasteiger partial charge in [-0.1, -0.05) is 30.3 Å². The van der Waals surface area contributed by atoms with E-state index in [1.165, 1.54) is 0 Å². The predicted octanol–water partition coefficient (Wildman–Crippen LogP) is 3.69. The molecule has 1 amide bonds. The van der Waals surface area contributed by atoms with Crippen LogP contribution in [0.5, 0.6) is 5.75 Å². The number of hydrogen-bond acceptors (Lipinski definition) is 3. The molecule has 0 aliphatic heterocycles. The third-order valence-corrected chi connectivity index (χ3v) is 4.14. The molecule has 0 saturated carbocycles. The maximum absolute atomic E-state index is 12.4. The Morgan fingerprint density at radius 2 is 1.63 bits per heavy atom. The van der Waals surface area contributed by atoms with E-state index in [1.807, 2.05) is 30.3 Å². The number of anilines is 1. The Morgan fingerprint density at radius 3 is 2.41 bits per heavy atom. The van der Waals surface area contributed by atoms with E-state index in [0.717, 1.165) is 5.56 Å². The molecule has 0 bridgehead atoms. The normalized spacial score (nSPS) is 10.7. The van der Waals surface area contributed by atoms with Crippen LogP contribution in [-0.4, -0.2) is 15.9 Å². The molecule has 6 heteroatoms. The molecule has 1 heterocycles. The molecular weight excluding hydrogens is 342 g/mol. The number of fused-ring (bicyclic) bond motifs is 1. The Labute approximate surface area is 154 Å².